The maximum absolute atomic E-state index is 14.6. The number of primary amides is 1. The number of imidazole rings is 1. The van der Waals surface area contributed by atoms with E-state index in [1.807, 2.05) is 4.57 Å². The molecule has 1 saturated heterocycles. The van der Waals surface area contributed by atoms with E-state index < -0.39 is 5.82 Å². The Balaban J connectivity index is 1.47. The first-order valence-corrected chi connectivity index (χ1v) is 13.1. The minimum Gasteiger partial charge on any atom is -0.453 e. The van der Waals surface area contributed by atoms with E-state index in [0.29, 0.717) is 61.8 Å². The van der Waals surface area contributed by atoms with Crippen molar-refractivity contribution in [2.45, 2.75) is 50.6 Å². The molecule has 2 aromatic heterocycles. The van der Waals surface area contributed by atoms with E-state index in [1.54, 1.807) is 17.2 Å². The lowest BCUT2D eigenvalue weighted by atomic mass is 9.85. The number of piperidine rings is 1. The van der Waals surface area contributed by atoms with Crippen LogP contribution in [0.1, 0.15) is 44.6 Å². The Bertz CT molecular complexity index is 1320. The number of nitrogens with two attached hydrogens (primary N) is 1. The molecule has 0 bridgehead atoms. The number of para-hydroxylation sites is 1. The fourth-order valence-electron chi connectivity index (χ4n) is 5.31. The molecule has 38 heavy (non-hydrogen) atoms. The number of carbonyl (C=O) groups excluding carboxylic acids is 2. The minimum absolute atomic E-state index is 0.0440. The van der Waals surface area contributed by atoms with Gasteiger partial charge in [0.15, 0.2) is 5.65 Å². The molecule has 202 valence electrons. The molecule has 2 aliphatic rings. The maximum atomic E-state index is 14.6. The highest BCUT2D eigenvalue weighted by Crippen LogP contribution is 2.38. The van der Waals surface area contributed by atoms with Gasteiger partial charge in [-0.3, -0.25) is 9.36 Å². The number of amides is 2. The van der Waals surface area contributed by atoms with Crippen molar-refractivity contribution in [3.05, 3.63) is 35.2 Å². The number of carbonyl (C=O) groups is 2. The smallest absolute Gasteiger partial charge is 0.409 e. The number of ether oxygens (including phenoxy) is 1. The number of hydrogen-bond acceptors (Lipinski definition) is 8. The zero-order valence-corrected chi connectivity index (χ0v) is 21.7. The summed E-state index contributed by atoms with van der Waals surface area (Å²) in [4.78, 5) is 39.3. The summed E-state index contributed by atoms with van der Waals surface area (Å²) in [7, 11) is 1.37. The number of halogens is 2. The standard InChI is InChI=1S/C25H30ClFN8O3/c1-38-25(37)34-11-3-4-15(13-34)30-23-29-12-19-22(33-23)35(16-9-7-14(8-10-16)21(28)36)24(31-19)32-20-17(26)5-2-6-18(20)27/h2,5-6,12,14-16H,3-4,7-11,13H2,1H3,(H2,28,36)(H,31,32)(H,29,30,33)/t14-,15-,16+/m1/s1. The Morgan fingerprint density at radius 2 is 1.97 bits per heavy atom. The number of rotatable bonds is 6. The summed E-state index contributed by atoms with van der Waals surface area (Å²) in [5, 5.41) is 6.62. The zero-order valence-electron chi connectivity index (χ0n) is 21.0. The summed E-state index contributed by atoms with van der Waals surface area (Å²) in [6.07, 6.45) is 5.58. The molecule has 0 radical (unpaired) electrons. The third-order valence-electron chi connectivity index (χ3n) is 7.28. The van der Waals surface area contributed by atoms with Gasteiger partial charge in [0.25, 0.3) is 0 Å². The van der Waals surface area contributed by atoms with Gasteiger partial charge < -0.3 is 26.0 Å². The van der Waals surface area contributed by atoms with Crippen LogP contribution >= 0.6 is 11.6 Å². The molecule has 1 saturated carbocycles. The van der Waals surface area contributed by atoms with Crippen LogP contribution in [0.15, 0.2) is 24.4 Å². The SMILES string of the molecule is COC(=O)N1CCC[C@@H](Nc2ncc3nc(Nc4c(F)cccc4Cl)n([C@H]4CC[C@@H](C(N)=O)CC4)c3n2)C1. The molecule has 2 fully saturated rings. The fourth-order valence-corrected chi connectivity index (χ4v) is 5.52. The molecule has 2 amide bonds. The van der Waals surface area contributed by atoms with Crippen LogP contribution < -0.4 is 16.4 Å². The zero-order chi connectivity index (χ0) is 26.8. The van der Waals surface area contributed by atoms with E-state index in [9.17, 15) is 14.0 Å². The molecule has 0 unspecified atom stereocenters. The number of anilines is 3. The average Bonchev–Trinajstić information content (AvgIpc) is 3.27. The van der Waals surface area contributed by atoms with Crippen LogP contribution in [0, 0.1) is 11.7 Å². The molecule has 5 rings (SSSR count). The second-order valence-electron chi connectivity index (χ2n) is 9.74. The Morgan fingerprint density at radius 3 is 2.68 bits per heavy atom. The van der Waals surface area contributed by atoms with Crippen molar-refractivity contribution < 1.29 is 18.7 Å². The van der Waals surface area contributed by atoms with Gasteiger partial charge >= 0.3 is 6.09 Å². The monoisotopic (exact) mass is 544 g/mol. The number of nitrogens with zero attached hydrogens (tertiary/aromatic N) is 5. The number of benzene rings is 1. The summed E-state index contributed by atoms with van der Waals surface area (Å²) in [6.45, 7) is 1.11. The van der Waals surface area contributed by atoms with Gasteiger partial charge in [-0.15, -0.1) is 0 Å². The molecule has 1 aliphatic carbocycles. The lowest BCUT2D eigenvalue weighted by Gasteiger charge is -2.32. The van der Waals surface area contributed by atoms with Crippen LogP contribution in [0.3, 0.4) is 0 Å². The molecule has 11 nitrogen and oxygen atoms in total. The van der Waals surface area contributed by atoms with Crippen molar-refractivity contribution in [1.29, 1.82) is 0 Å². The Labute approximate surface area is 223 Å². The third-order valence-corrected chi connectivity index (χ3v) is 7.60. The molecule has 1 aromatic carbocycles. The Hall–Kier alpha value is -3.67. The van der Waals surface area contributed by atoms with Crippen molar-refractivity contribution in [2.75, 3.05) is 30.8 Å². The first-order chi connectivity index (χ1) is 18.3. The summed E-state index contributed by atoms with van der Waals surface area (Å²) in [5.74, 6) is -0.186. The lowest BCUT2D eigenvalue weighted by Crippen LogP contribution is -2.45. The Kier molecular flexibility index (Phi) is 7.50. The molecule has 3 aromatic rings. The van der Waals surface area contributed by atoms with Gasteiger partial charge in [0, 0.05) is 31.1 Å². The number of methoxy groups -OCH3 is 1. The molecule has 0 spiro atoms. The van der Waals surface area contributed by atoms with Crippen LogP contribution in [0.5, 0.6) is 0 Å². The minimum atomic E-state index is -0.505. The number of hydrogen-bond donors (Lipinski definition) is 3. The quantitative estimate of drug-likeness (QED) is 0.419. The maximum Gasteiger partial charge on any atom is 0.409 e. The van der Waals surface area contributed by atoms with E-state index in [2.05, 4.69) is 20.6 Å². The summed E-state index contributed by atoms with van der Waals surface area (Å²) < 4.78 is 21.4. The van der Waals surface area contributed by atoms with E-state index in [-0.39, 0.29) is 40.7 Å². The first kappa shape index (κ1) is 26.0. The number of likely N-dealkylation sites (tertiary alicyclic amines) is 1. The van der Waals surface area contributed by atoms with Crippen molar-refractivity contribution >= 4 is 52.3 Å². The second-order valence-corrected chi connectivity index (χ2v) is 10.1. The summed E-state index contributed by atoms with van der Waals surface area (Å²) >= 11 is 6.28. The predicted octanol–water partition coefficient (Wildman–Crippen LogP) is 4.22. The topological polar surface area (TPSA) is 140 Å². The van der Waals surface area contributed by atoms with Crippen molar-refractivity contribution in [2.24, 2.45) is 11.7 Å². The Morgan fingerprint density at radius 1 is 1.18 bits per heavy atom. The van der Waals surface area contributed by atoms with Crippen LogP contribution in [0.25, 0.3) is 11.2 Å². The van der Waals surface area contributed by atoms with Gasteiger partial charge in [0.1, 0.15) is 11.3 Å². The molecule has 1 atom stereocenters. The van der Waals surface area contributed by atoms with Gasteiger partial charge in [0.2, 0.25) is 17.8 Å². The highest BCUT2D eigenvalue weighted by molar-refractivity contribution is 6.33. The molecule has 3 heterocycles. The van der Waals surface area contributed by atoms with Crippen molar-refractivity contribution in [3.8, 4) is 0 Å². The van der Waals surface area contributed by atoms with E-state index in [0.717, 1.165) is 12.8 Å². The largest absolute Gasteiger partial charge is 0.453 e. The van der Waals surface area contributed by atoms with Gasteiger partial charge in [-0.1, -0.05) is 17.7 Å². The second kappa shape index (κ2) is 11.0. The van der Waals surface area contributed by atoms with E-state index in [1.165, 1.54) is 19.2 Å². The highest BCUT2D eigenvalue weighted by atomic mass is 35.5. The first-order valence-electron chi connectivity index (χ1n) is 12.7. The molecule has 1 aliphatic heterocycles. The summed E-state index contributed by atoms with van der Waals surface area (Å²) in [5.41, 5.74) is 6.76. The van der Waals surface area contributed by atoms with Crippen LogP contribution in [0.4, 0.5) is 26.8 Å². The van der Waals surface area contributed by atoms with Crippen molar-refractivity contribution in [1.82, 2.24) is 24.4 Å². The van der Waals surface area contributed by atoms with Gasteiger partial charge in [0.05, 0.1) is 24.0 Å². The number of aromatic nitrogens is 4. The van der Waals surface area contributed by atoms with Gasteiger partial charge in [-0.2, -0.15) is 4.98 Å². The van der Waals surface area contributed by atoms with Crippen LogP contribution in [-0.2, 0) is 9.53 Å². The van der Waals surface area contributed by atoms with E-state index in [4.69, 9.17) is 27.1 Å². The average molecular weight is 545 g/mol. The van der Waals surface area contributed by atoms with Crippen LogP contribution in [-0.4, -0.2) is 62.7 Å². The molecular formula is C25H30ClFN8O3. The van der Waals surface area contributed by atoms with Crippen molar-refractivity contribution in [3.63, 3.8) is 0 Å². The fraction of sp³-hybridized carbons (Fsp3) is 0.480. The van der Waals surface area contributed by atoms with Gasteiger partial charge in [-0.05, 0) is 50.7 Å². The predicted molar refractivity (Wildman–Crippen MR) is 141 cm³/mol. The van der Waals surface area contributed by atoms with Crippen LogP contribution in [0.2, 0.25) is 5.02 Å². The van der Waals surface area contributed by atoms with E-state index >= 15 is 0 Å². The normalized spacial score (nSPS) is 21.8. The molecule has 13 heteroatoms. The molecule has 4 N–H and O–H groups in total. The molecular weight excluding hydrogens is 515 g/mol. The van der Waals surface area contributed by atoms with Gasteiger partial charge in [-0.25, -0.2) is 19.2 Å². The number of fused-ring (bicyclic) bond motifs is 1. The number of nitrogens with one attached hydrogen (secondary N) is 2. The highest BCUT2D eigenvalue weighted by Gasteiger charge is 2.30. The summed E-state index contributed by atoms with van der Waals surface area (Å²) in [6, 6.07) is 4.37. The third kappa shape index (κ3) is 5.31. The lowest BCUT2D eigenvalue weighted by molar-refractivity contribution is -0.122.